The van der Waals surface area contributed by atoms with E-state index in [0.717, 1.165) is 18.2 Å². The molecule has 112 valence electrons. The minimum atomic E-state index is -0.297. The quantitative estimate of drug-likeness (QED) is 0.801. The fraction of sp³-hybridized carbons (Fsp3) is 0.455. The molecule has 2 aromatic rings. The standard InChI is InChI=1S/C11H14N6O3S/c12-9-8(10(18)13-5-7-14-6-20-16-7)21-11(15-9)17-1-3-19-4-2-17/h6H,1-5,12H2,(H,13,18). The lowest BCUT2D eigenvalue weighted by Crippen LogP contribution is -2.36. The zero-order valence-electron chi connectivity index (χ0n) is 11.1. The monoisotopic (exact) mass is 310 g/mol. The van der Waals surface area contributed by atoms with E-state index in [1.165, 1.54) is 17.7 Å². The molecular formula is C11H14N6O3S. The molecule has 3 N–H and O–H groups in total. The lowest BCUT2D eigenvalue weighted by molar-refractivity contribution is 0.0954. The van der Waals surface area contributed by atoms with E-state index in [1.54, 1.807) is 0 Å². The number of morpholine rings is 1. The van der Waals surface area contributed by atoms with Gasteiger partial charge in [0.05, 0.1) is 19.8 Å². The van der Waals surface area contributed by atoms with E-state index in [0.29, 0.717) is 23.9 Å². The van der Waals surface area contributed by atoms with Gasteiger partial charge in [0.1, 0.15) is 10.7 Å². The van der Waals surface area contributed by atoms with Crippen LogP contribution in [0.5, 0.6) is 0 Å². The predicted octanol–water partition coefficient (Wildman–Crippen LogP) is -0.125. The number of nitrogen functional groups attached to an aromatic ring is 1. The summed E-state index contributed by atoms with van der Waals surface area (Å²) in [7, 11) is 0. The maximum absolute atomic E-state index is 12.1. The molecule has 0 aromatic carbocycles. The number of nitrogens with one attached hydrogen (secondary N) is 1. The number of hydrogen-bond acceptors (Lipinski definition) is 9. The Kier molecular flexibility index (Phi) is 3.97. The van der Waals surface area contributed by atoms with Crippen molar-refractivity contribution in [2.75, 3.05) is 36.9 Å². The largest absolute Gasteiger partial charge is 0.382 e. The molecule has 9 nitrogen and oxygen atoms in total. The highest BCUT2D eigenvalue weighted by Crippen LogP contribution is 2.28. The Bertz CT molecular complexity index is 608. The summed E-state index contributed by atoms with van der Waals surface area (Å²) in [5.74, 6) is 0.334. The van der Waals surface area contributed by atoms with E-state index >= 15 is 0 Å². The fourth-order valence-electron chi connectivity index (χ4n) is 1.88. The highest BCUT2D eigenvalue weighted by molar-refractivity contribution is 7.18. The minimum absolute atomic E-state index is 0.180. The van der Waals surface area contributed by atoms with E-state index in [9.17, 15) is 4.79 Å². The van der Waals surface area contributed by atoms with Crippen molar-refractivity contribution < 1.29 is 14.1 Å². The molecule has 0 aliphatic carbocycles. The SMILES string of the molecule is Nc1nc(N2CCOCC2)sc1C(=O)NCc1ncon1. The van der Waals surface area contributed by atoms with Crippen LogP contribution in [-0.4, -0.2) is 47.3 Å². The highest BCUT2D eigenvalue weighted by Gasteiger charge is 2.21. The summed E-state index contributed by atoms with van der Waals surface area (Å²) >= 11 is 1.27. The molecule has 0 atom stereocenters. The number of carbonyl (C=O) groups excluding carboxylic acids is 1. The van der Waals surface area contributed by atoms with Crippen LogP contribution in [0.3, 0.4) is 0 Å². The molecule has 1 aliphatic rings. The van der Waals surface area contributed by atoms with Gasteiger partial charge in [-0.15, -0.1) is 0 Å². The van der Waals surface area contributed by atoms with Crippen LogP contribution >= 0.6 is 11.3 Å². The van der Waals surface area contributed by atoms with Crippen LogP contribution in [-0.2, 0) is 11.3 Å². The van der Waals surface area contributed by atoms with Crippen LogP contribution in [0.4, 0.5) is 10.9 Å². The summed E-state index contributed by atoms with van der Waals surface area (Å²) in [4.78, 5) is 22.6. The van der Waals surface area contributed by atoms with E-state index < -0.39 is 0 Å². The zero-order valence-corrected chi connectivity index (χ0v) is 11.9. The van der Waals surface area contributed by atoms with Gasteiger partial charge in [0, 0.05) is 13.1 Å². The van der Waals surface area contributed by atoms with Crippen LogP contribution in [0.2, 0.25) is 0 Å². The highest BCUT2D eigenvalue weighted by atomic mass is 32.1. The Morgan fingerprint density at radius 1 is 1.48 bits per heavy atom. The third-order valence-corrected chi connectivity index (χ3v) is 4.07. The number of nitrogens with zero attached hydrogens (tertiary/aromatic N) is 4. The molecule has 10 heteroatoms. The summed E-state index contributed by atoms with van der Waals surface area (Å²) in [6.45, 7) is 2.98. The molecule has 0 radical (unpaired) electrons. The van der Waals surface area contributed by atoms with Gasteiger partial charge >= 0.3 is 0 Å². The first-order valence-electron chi connectivity index (χ1n) is 6.36. The normalized spacial score (nSPS) is 15.1. The van der Waals surface area contributed by atoms with Gasteiger partial charge in [-0.3, -0.25) is 4.79 Å². The molecule has 0 spiro atoms. The minimum Gasteiger partial charge on any atom is -0.382 e. The number of amides is 1. The number of rotatable bonds is 4. The average Bonchev–Trinajstić information content (AvgIpc) is 3.15. The molecule has 3 heterocycles. The Labute approximate surface area is 124 Å². The first kappa shape index (κ1) is 13.8. The molecular weight excluding hydrogens is 296 g/mol. The average molecular weight is 310 g/mol. The van der Waals surface area contributed by atoms with Crippen molar-refractivity contribution in [1.29, 1.82) is 0 Å². The van der Waals surface area contributed by atoms with Crippen LogP contribution < -0.4 is 16.0 Å². The van der Waals surface area contributed by atoms with E-state index in [2.05, 4.69) is 29.9 Å². The molecule has 1 aliphatic heterocycles. The van der Waals surface area contributed by atoms with Crippen LogP contribution in [0.25, 0.3) is 0 Å². The van der Waals surface area contributed by atoms with Gasteiger partial charge in [0.2, 0.25) is 6.39 Å². The van der Waals surface area contributed by atoms with Crippen LogP contribution in [0.1, 0.15) is 15.5 Å². The molecule has 2 aromatic heterocycles. The molecule has 0 bridgehead atoms. The maximum Gasteiger partial charge on any atom is 0.265 e. The molecule has 1 saturated heterocycles. The zero-order chi connectivity index (χ0) is 14.7. The molecule has 21 heavy (non-hydrogen) atoms. The molecule has 0 unspecified atom stereocenters. The first-order valence-corrected chi connectivity index (χ1v) is 7.18. The smallest absolute Gasteiger partial charge is 0.265 e. The van der Waals surface area contributed by atoms with Crippen molar-refractivity contribution in [3.63, 3.8) is 0 Å². The van der Waals surface area contributed by atoms with Gasteiger partial charge in [-0.05, 0) is 0 Å². The van der Waals surface area contributed by atoms with E-state index in [-0.39, 0.29) is 18.3 Å². The third-order valence-electron chi connectivity index (χ3n) is 2.94. The third kappa shape index (κ3) is 3.11. The second-order valence-corrected chi connectivity index (χ2v) is 5.32. The maximum atomic E-state index is 12.1. The summed E-state index contributed by atoms with van der Waals surface area (Å²) in [5, 5.41) is 7.03. The van der Waals surface area contributed by atoms with Crippen molar-refractivity contribution in [2.24, 2.45) is 0 Å². The lowest BCUT2D eigenvalue weighted by atomic mass is 10.4. The van der Waals surface area contributed by atoms with Gasteiger partial charge in [-0.25, -0.2) is 4.98 Å². The number of ether oxygens (including phenoxy) is 1. The molecule has 0 saturated carbocycles. The molecule has 3 rings (SSSR count). The van der Waals surface area contributed by atoms with E-state index in [1.807, 2.05) is 0 Å². The van der Waals surface area contributed by atoms with Crippen molar-refractivity contribution in [2.45, 2.75) is 6.54 Å². The van der Waals surface area contributed by atoms with Gasteiger partial charge in [0.25, 0.3) is 5.91 Å². The van der Waals surface area contributed by atoms with Crippen LogP contribution in [0, 0.1) is 0 Å². The molecule has 1 fully saturated rings. The summed E-state index contributed by atoms with van der Waals surface area (Å²) < 4.78 is 9.88. The lowest BCUT2D eigenvalue weighted by Gasteiger charge is -2.25. The topological polar surface area (TPSA) is 119 Å². The van der Waals surface area contributed by atoms with Gasteiger partial charge in [-0.1, -0.05) is 16.5 Å². The van der Waals surface area contributed by atoms with Crippen molar-refractivity contribution in [3.8, 4) is 0 Å². The van der Waals surface area contributed by atoms with Crippen molar-refractivity contribution in [1.82, 2.24) is 20.4 Å². The van der Waals surface area contributed by atoms with Crippen molar-refractivity contribution in [3.05, 3.63) is 17.1 Å². The molecule has 1 amide bonds. The van der Waals surface area contributed by atoms with Gasteiger partial charge < -0.3 is 25.2 Å². The Hall–Kier alpha value is -2.20. The Morgan fingerprint density at radius 3 is 3.00 bits per heavy atom. The number of carbonyl (C=O) groups is 1. The summed E-state index contributed by atoms with van der Waals surface area (Å²) in [6.07, 6.45) is 1.21. The number of thiazole rings is 1. The van der Waals surface area contributed by atoms with Gasteiger partial charge in [-0.2, -0.15) is 4.98 Å². The Balaban J connectivity index is 1.66. The number of nitrogens with two attached hydrogens (primary N) is 1. The van der Waals surface area contributed by atoms with E-state index in [4.69, 9.17) is 10.5 Å². The fourth-order valence-corrected chi connectivity index (χ4v) is 2.84. The van der Waals surface area contributed by atoms with Crippen LogP contribution in [0.15, 0.2) is 10.9 Å². The first-order chi connectivity index (χ1) is 10.2. The second-order valence-electron chi connectivity index (χ2n) is 4.34. The summed E-state index contributed by atoms with van der Waals surface area (Å²) in [6, 6.07) is 0. The number of anilines is 2. The number of aromatic nitrogens is 3. The number of hydrogen-bond donors (Lipinski definition) is 2. The van der Waals surface area contributed by atoms with Gasteiger partial charge in [0.15, 0.2) is 11.0 Å². The predicted molar refractivity (Wildman–Crippen MR) is 75.0 cm³/mol. The Morgan fingerprint density at radius 2 is 2.29 bits per heavy atom. The summed E-state index contributed by atoms with van der Waals surface area (Å²) in [5.41, 5.74) is 5.83. The second kappa shape index (κ2) is 6.06. The van der Waals surface area contributed by atoms with Crippen molar-refractivity contribution >= 4 is 28.2 Å².